The van der Waals surface area contributed by atoms with E-state index < -0.39 is 5.79 Å². The number of ether oxygens (including phenoxy) is 2. The Morgan fingerprint density at radius 1 is 1.15 bits per heavy atom. The van der Waals surface area contributed by atoms with Gasteiger partial charge in [0.05, 0.1) is 19.0 Å². The highest BCUT2D eigenvalue weighted by Crippen LogP contribution is 2.32. The minimum atomic E-state index is -0.489. The molecule has 0 bridgehead atoms. The lowest BCUT2D eigenvalue weighted by atomic mass is 10.0. The van der Waals surface area contributed by atoms with E-state index in [0.717, 1.165) is 12.2 Å². The van der Waals surface area contributed by atoms with Gasteiger partial charge in [0.25, 0.3) is 0 Å². The molecule has 1 unspecified atom stereocenters. The third-order valence-corrected chi connectivity index (χ3v) is 7.44. The number of anilines is 1. The summed E-state index contributed by atoms with van der Waals surface area (Å²) < 4.78 is 11.5. The number of piperidine rings is 1. The number of carbonyl (C=O) groups is 2. The predicted molar refractivity (Wildman–Crippen MR) is 127 cm³/mol. The van der Waals surface area contributed by atoms with E-state index in [9.17, 15) is 9.59 Å². The van der Waals surface area contributed by atoms with Crippen LogP contribution in [-0.2, 0) is 19.1 Å². The van der Waals surface area contributed by atoms with Crippen LogP contribution in [0.2, 0.25) is 5.15 Å². The van der Waals surface area contributed by atoms with Gasteiger partial charge in [-0.05, 0) is 13.3 Å². The van der Waals surface area contributed by atoms with Crippen molar-refractivity contribution < 1.29 is 19.1 Å². The predicted octanol–water partition coefficient (Wildman–Crippen LogP) is 2.42. The van der Waals surface area contributed by atoms with Crippen LogP contribution >= 0.6 is 23.4 Å². The third kappa shape index (κ3) is 5.90. The molecule has 1 spiro atoms. The summed E-state index contributed by atoms with van der Waals surface area (Å²) in [6.07, 6.45) is 2.83. The molecule has 1 aromatic rings. The summed E-state index contributed by atoms with van der Waals surface area (Å²) in [5.74, 6) is 0.751. The second kappa shape index (κ2) is 10.8. The van der Waals surface area contributed by atoms with E-state index in [0.29, 0.717) is 75.5 Å². The number of hydrogen-bond donors (Lipinski definition) is 0. The van der Waals surface area contributed by atoms with Crippen LogP contribution in [0.3, 0.4) is 0 Å². The molecule has 4 heterocycles. The number of amides is 2. The third-order valence-electron chi connectivity index (χ3n) is 6.41. The second-order valence-electron chi connectivity index (χ2n) is 8.74. The zero-order valence-corrected chi connectivity index (χ0v) is 20.9. The average molecular weight is 498 g/mol. The van der Waals surface area contributed by atoms with Crippen LogP contribution in [0.5, 0.6) is 0 Å². The monoisotopic (exact) mass is 497 g/mol. The van der Waals surface area contributed by atoms with Crippen LogP contribution in [0.1, 0.15) is 39.5 Å². The first-order chi connectivity index (χ1) is 15.9. The van der Waals surface area contributed by atoms with Crippen molar-refractivity contribution in [1.29, 1.82) is 0 Å². The molecule has 0 saturated carbocycles. The first-order valence-electron chi connectivity index (χ1n) is 11.7. The lowest BCUT2D eigenvalue weighted by Crippen LogP contribution is -2.54. The van der Waals surface area contributed by atoms with Crippen LogP contribution in [0, 0.1) is 0 Å². The molecular weight excluding hydrogens is 466 g/mol. The summed E-state index contributed by atoms with van der Waals surface area (Å²) in [4.78, 5) is 39.9. The molecule has 1 atom stereocenters. The number of rotatable bonds is 6. The Hall–Kier alpha value is -1.62. The fourth-order valence-corrected chi connectivity index (χ4v) is 5.59. The van der Waals surface area contributed by atoms with E-state index in [4.69, 9.17) is 21.1 Å². The molecule has 4 rings (SSSR count). The second-order valence-corrected chi connectivity index (χ2v) is 10.1. The van der Waals surface area contributed by atoms with E-state index in [2.05, 4.69) is 21.8 Å². The van der Waals surface area contributed by atoms with Crippen molar-refractivity contribution >= 4 is 41.0 Å². The van der Waals surface area contributed by atoms with E-state index in [1.54, 1.807) is 6.07 Å². The van der Waals surface area contributed by atoms with Gasteiger partial charge in [-0.25, -0.2) is 9.97 Å². The SMILES string of the molecule is CCCC(=O)N1CCN(c2cc(Cl)nc(SCC(=O)N3CCC4(CC3)OCCO4)n2)CC1C. The summed E-state index contributed by atoms with van der Waals surface area (Å²) in [5.41, 5.74) is 0. The molecule has 3 saturated heterocycles. The van der Waals surface area contributed by atoms with Crippen LogP contribution in [-0.4, -0.2) is 95.1 Å². The largest absolute Gasteiger partial charge is 0.353 e. The Kier molecular flexibility index (Phi) is 7.99. The van der Waals surface area contributed by atoms with Crippen LogP contribution < -0.4 is 4.90 Å². The molecule has 2 amide bonds. The number of aromatic nitrogens is 2. The lowest BCUT2D eigenvalue weighted by Gasteiger charge is -2.40. The molecule has 182 valence electrons. The van der Waals surface area contributed by atoms with Gasteiger partial charge in [-0.3, -0.25) is 9.59 Å². The van der Waals surface area contributed by atoms with Crippen molar-refractivity contribution in [1.82, 2.24) is 19.8 Å². The highest BCUT2D eigenvalue weighted by Gasteiger charge is 2.40. The Morgan fingerprint density at radius 2 is 1.88 bits per heavy atom. The van der Waals surface area contributed by atoms with Gasteiger partial charge < -0.3 is 24.2 Å². The zero-order valence-electron chi connectivity index (χ0n) is 19.3. The van der Waals surface area contributed by atoms with Gasteiger partial charge in [0.2, 0.25) is 11.8 Å². The number of likely N-dealkylation sites (tertiary alicyclic amines) is 1. The fraction of sp³-hybridized carbons (Fsp3) is 0.727. The Labute approximate surface area is 204 Å². The normalized spacial score (nSPS) is 22.8. The van der Waals surface area contributed by atoms with Crippen LogP contribution in [0.4, 0.5) is 5.82 Å². The maximum Gasteiger partial charge on any atom is 0.233 e. The van der Waals surface area contributed by atoms with Crippen molar-refractivity contribution in [3.8, 4) is 0 Å². The lowest BCUT2D eigenvalue weighted by molar-refractivity contribution is -0.186. The summed E-state index contributed by atoms with van der Waals surface area (Å²) >= 11 is 7.58. The van der Waals surface area contributed by atoms with Crippen molar-refractivity contribution in [2.75, 3.05) is 56.6 Å². The highest BCUT2D eigenvalue weighted by molar-refractivity contribution is 7.99. The molecule has 33 heavy (non-hydrogen) atoms. The number of thioether (sulfide) groups is 1. The summed E-state index contributed by atoms with van der Waals surface area (Å²) in [6.45, 7) is 8.61. The maximum atomic E-state index is 12.7. The molecule has 0 aromatic carbocycles. The quantitative estimate of drug-likeness (QED) is 0.336. The first-order valence-corrected chi connectivity index (χ1v) is 13.0. The number of hydrogen-bond acceptors (Lipinski definition) is 8. The number of carbonyl (C=O) groups excluding carboxylic acids is 2. The van der Waals surface area contributed by atoms with Crippen molar-refractivity contribution in [2.45, 2.75) is 56.5 Å². The van der Waals surface area contributed by atoms with E-state index in [1.165, 1.54) is 11.8 Å². The maximum absolute atomic E-state index is 12.7. The molecule has 3 aliphatic heterocycles. The Morgan fingerprint density at radius 3 is 2.55 bits per heavy atom. The summed E-state index contributed by atoms with van der Waals surface area (Å²) in [6, 6.07) is 1.84. The van der Waals surface area contributed by atoms with E-state index in [-0.39, 0.29) is 23.6 Å². The minimum absolute atomic E-state index is 0.0506. The Bertz CT molecular complexity index is 859. The molecule has 0 radical (unpaired) electrons. The van der Waals surface area contributed by atoms with Gasteiger partial charge in [0, 0.05) is 64.1 Å². The molecule has 3 fully saturated rings. The van der Waals surface area contributed by atoms with Crippen molar-refractivity contribution in [3.63, 3.8) is 0 Å². The standard InChI is InChI=1S/C22H32ClN5O4S/c1-3-4-19(29)28-10-9-27(14-16(28)2)18-13-17(23)24-21(25-18)33-15-20(30)26-7-5-22(6-8-26)31-11-12-32-22/h13,16H,3-12,14-15H2,1-2H3. The number of piperazine rings is 1. The van der Waals surface area contributed by atoms with Gasteiger partial charge in [-0.2, -0.15) is 0 Å². The van der Waals surface area contributed by atoms with E-state index in [1.807, 2.05) is 16.7 Å². The van der Waals surface area contributed by atoms with Gasteiger partial charge in [-0.1, -0.05) is 30.3 Å². The van der Waals surface area contributed by atoms with Crippen molar-refractivity contribution in [3.05, 3.63) is 11.2 Å². The van der Waals surface area contributed by atoms with Gasteiger partial charge >= 0.3 is 0 Å². The summed E-state index contributed by atoms with van der Waals surface area (Å²) in [7, 11) is 0. The first kappa shape index (κ1) is 24.5. The smallest absolute Gasteiger partial charge is 0.233 e. The molecule has 11 heteroatoms. The molecule has 3 aliphatic rings. The van der Waals surface area contributed by atoms with Crippen molar-refractivity contribution in [2.24, 2.45) is 0 Å². The Balaban J connectivity index is 1.31. The molecule has 0 N–H and O–H groups in total. The van der Waals surface area contributed by atoms with Gasteiger partial charge in [-0.15, -0.1) is 0 Å². The topological polar surface area (TPSA) is 88.1 Å². The molecular formula is C22H32ClN5O4S. The molecule has 0 aliphatic carbocycles. The van der Waals surface area contributed by atoms with Crippen LogP contribution in [0.25, 0.3) is 0 Å². The molecule has 1 aromatic heterocycles. The number of nitrogens with zero attached hydrogens (tertiary/aromatic N) is 5. The minimum Gasteiger partial charge on any atom is -0.353 e. The van der Waals surface area contributed by atoms with Gasteiger partial charge in [0.1, 0.15) is 11.0 Å². The van der Waals surface area contributed by atoms with Crippen LogP contribution in [0.15, 0.2) is 11.2 Å². The number of halogens is 1. The average Bonchev–Trinajstić information content (AvgIpc) is 3.25. The van der Waals surface area contributed by atoms with E-state index >= 15 is 0 Å². The highest BCUT2D eigenvalue weighted by atomic mass is 35.5. The summed E-state index contributed by atoms with van der Waals surface area (Å²) in [5, 5.41) is 0.835. The van der Waals surface area contributed by atoms with Gasteiger partial charge in [0.15, 0.2) is 10.9 Å². The molecule has 9 nitrogen and oxygen atoms in total. The fourth-order valence-electron chi connectivity index (χ4n) is 4.61. The zero-order chi connectivity index (χ0) is 23.4.